The van der Waals surface area contributed by atoms with Gasteiger partial charge in [-0.25, -0.2) is 0 Å². The molecular weight excluding hydrogens is 473 g/mol. The molecular formula is C27H31Cl2NO4. The second-order valence-corrected chi connectivity index (χ2v) is 9.12. The molecule has 34 heavy (non-hydrogen) atoms. The molecule has 0 N–H and O–H groups in total. The van der Waals surface area contributed by atoms with E-state index in [-0.39, 0.29) is 18.3 Å². The molecule has 0 atom stereocenters. The fourth-order valence-electron chi connectivity index (χ4n) is 4.08. The van der Waals surface area contributed by atoms with Gasteiger partial charge in [0.25, 0.3) is 5.91 Å². The van der Waals surface area contributed by atoms with Crippen LogP contribution >= 0.6 is 23.2 Å². The molecule has 0 radical (unpaired) electrons. The highest BCUT2D eigenvalue weighted by atomic mass is 35.5. The van der Waals surface area contributed by atoms with Crippen molar-refractivity contribution in [1.29, 1.82) is 0 Å². The Morgan fingerprint density at radius 1 is 0.941 bits per heavy atom. The molecule has 0 bridgehead atoms. The molecule has 0 unspecified atom stereocenters. The van der Waals surface area contributed by atoms with Crippen molar-refractivity contribution in [1.82, 2.24) is 4.57 Å². The van der Waals surface area contributed by atoms with Gasteiger partial charge in [0.2, 0.25) is 0 Å². The minimum absolute atomic E-state index is 0.0894. The number of hydrogen-bond donors (Lipinski definition) is 0. The fraction of sp³-hybridized carbons (Fsp3) is 0.407. The van der Waals surface area contributed by atoms with Gasteiger partial charge in [-0.2, -0.15) is 0 Å². The Kier molecular flexibility index (Phi) is 9.85. The minimum atomic E-state index is -0.300. The number of benzene rings is 2. The lowest BCUT2D eigenvalue weighted by atomic mass is 10.1. The van der Waals surface area contributed by atoms with Crippen LogP contribution < -0.4 is 4.74 Å². The van der Waals surface area contributed by atoms with Crippen LogP contribution in [0.5, 0.6) is 5.75 Å². The molecule has 0 spiro atoms. The summed E-state index contributed by atoms with van der Waals surface area (Å²) in [5.41, 5.74) is 2.71. The Balaban J connectivity index is 1.75. The Hall–Kier alpha value is -2.50. The third kappa shape index (κ3) is 6.55. The third-order valence-electron chi connectivity index (χ3n) is 5.95. The van der Waals surface area contributed by atoms with E-state index >= 15 is 0 Å². The van der Waals surface area contributed by atoms with Crippen molar-refractivity contribution >= 4 is 46.0 Å². The van der Waals surface area contributed by atoms with Crippen molar-refractivity contribution in [2.24, 2.45) is 0 Å². The number of alkyl halides is 1. The lowest BCUT2D eigenvalue weighted by Gasteiger charge is -2.08. The van der Waals surface area contributed by atoms with Crippen LogP contribution in [0.4, 0.5) is 0 Å². The summed E-state index contributed by atoms with van der Waals surface area (Å²) in [6.07, 6.45) is 6.43. The van der Waals surface area contributed by atoms with Crippen molar-refractivity contribution in [3.05, 3.63) is 64.3 Å². The van der Waals surface area contributed by atoms with E-state index in [1.165, 1.54) is 0 Å². The average Bonchev–Trinajstić information content (AvgIpc) is 3.11. The van der Waals surface area contributed by atoms with E-state index in [4.69, 9.17) is 32.7 Å². The van der Waals surface area contributed by atoms with Crippen molar-refractivity contribution in [3.8, 4) is 5.75 Å². The molecule has 0 saturated carbocycles. The monoisotopic (exact) mass is 503 g/mol. The third-order valence-corrected chi connectivity index (χ3v) is 6.47. The van der Waals surface area contributed by atoms with Gasteiger partial charge in [-0.3, -0.25) is 14.2 Å². The van der Waals surface area contributed by atoms with Gasteiger partial charge in [0.15, 0.2) is 0 Å². The fourth-order valence-corrected chi connectivity index (χ4v) is 4.40. The highest BCUT2D eigenvalue weighted by molar-refractivity contribution is 6.30. The van der Waals surface area contributed by atoms with E-state index in [9.17, 15) is 9.59 Å². The van der Waals surface area contributed by atoms with Gasteiger partial charge >= 0.3 is 5.97 Å². The summed E-state index contributed by atoms with van der Waals surface area (Å²) in [5.74, 6) is 0.890. The Bertz CT molecular complexity index is 1120. The summed E-state index contributed by atoms with van der Waals surface area (Å²) in [6.45, 7) is 2.25. The van der Waals surface area contributed by atoms with Crippen LogP contribution in [0.25, 0.3) is 10.9 Å². The zero-order valence-corrected chi connectivity index (χ0v) is 21.3. The number of esters is 1. The van der Waals surface area contributed by atoms with Crippen molar-refractivity contribution in [2.45, 2.75) is 51.9 Å². The largest absolute Gasteiger partial charge is 0.497 e. The maximum Gasteiger partial charge on any atom is 0.310 e. The second-order valence-electron chi connectivity index (χ2n) is 8.30. The topological polar surface area (TPSA) is 57.5 Å². The number of unbranched alkanes of at least 4 members (excludes halogenated alkanes) is 5. The quantitative estimate of drug-likeness (QED) is 0.152. The van der Waals surface area contributed by atoms with Gasteiger partial charge in [-0.1, -0.05) is 37.3 Å². The summed E-state index contributed by atoms with van der Waals surface area (Å²) in [7, 11) is 1.59. The Labute approximate surface area is 210 Å². The molecule has 0 aliphatic carbocycles. The average molecular weight is 504 g/mol. The first-order valence-electron chi connectivity index (χ1n) is 11.7. The molecule has 1 heterocycles. The van der Waals surface area contributed by atoms with Gasteiger partial charge in [0, 0.05) is 27.5 Å². The number of ether oxygens (including phenoxy) is 2. The van der Waals surface area contributed by atoms with Crippen LogP contribution in [0.3, 0.4) is 0 Å². The van der Waals surface area contributed by atoms with Crippen LogP contribution in [0.15, 0.2) is 42.5 Å². The lowest BCUT2D eigenvalue weighted by molar-refractivity contribution is -0.142. The molecule has 7 heteroatoms. The van der Waals surface area contributed by atoms with E-state index in [1.807, 2.05) is 25.1 Å². The van der Waals surface area contributed by atoms with E-state index in [1.54, 1.807) is 35.9 Å². The number of aromatic nitrogens is 1. The zero-order valence-electron chi connectivity index (χ0n) is 19.7. The van der Waals surface area contributed by atoms with Crippen LogP contribution in [0.1, 0.15) is 60.1 Å². The van der Waals surface area contributed by atoms with E-state index in [2.05, 4.69) is 0 Å². The number of carbonyl (C=O) groups is 2. The summed E-state index contributed by atoms with van der Waals surface area (Å²) < 4.78 is 12.5. The molecule has 5 nitrogen and oxygen atoms in total. The Morgan fingerprint density at radius 3 is 2.29 bits per heavy atom. The first kappa shape index (κ1) is 26.1. The molecule has 3 aromatic rings. The first-order valence-corrected chi connectivity index (χ1v) is 12.6. The number of hydrogen-bond acceptors (Lipinski definition) is 4. The second kappa shape index (κ2) is 12.8. The van der Waals surface area contributed by atoms with Gasteiger partial charge in [0.1, 0.15) is 5.75 Å². The predicted molar refractivity (Wildman–Crippen MR) is 137 cm³/mol. The molecule has 3 rings (SSSR count). The van der Waals surface area contributed by atoms with Crippen LogP contribution in [0.2, 0.25) is 5.02 Å². The summed E-state index contributed by atoms with van der Waals surface area (Å²) in [5, 5.41) is 1.37. The zero-order chi connectivity index (χ0) is 24.5. The first-order chi connectivity index (χ1) is 16.5. The molecule has 0 fully saturated rings. The van der Waals surface area contributed by atoms with Crippen molar-refractivity contribution in [2.75, 3.05) is 19.6 Å². The summed E-state index contributed by atoms with van der Waals surface area (Å²) >= 11 is 11.7. The van der Waals surface area contributed by atoms with Crippen LogP contribution in [-0.4, -0.2) is 36.0 Å². The van der Waals surface area contributed by atoms with Crippen molar-refractivity contribution < 1.29 is 19.1 Å². The minimum Gasteiger partial charge on any atom is -0.497 e. The number of halogens is 2. The van der Waals surface area contributed by atoms with Crippen molar-refractivity contribution in [3.63, 3.8) is 0 Å². The molecule has 0 saturated heterocycles. The number of nitrogens with zero attached hydrogens (tertiary/aromatic N) is 1. The van der Waals surface area contributed by atoms with Gasteiger partial charge in [-0.15, -0.1) is 11.6 Å². The molecule has 0 aliphatic heterocycles. The number of fused-ring (bicyclic) bond motifs is 1. The SMILES string of the molecule is COc1ccc2c(c1)c(CC(=O)OCCCCCCCCCl)c(C)n2C(=O)c1ccc(Cl)cc1. The maximum atomic E-state index is 13.3. The normalized spacial score (nSPS) is 11.1. The molecule has 1 aromatic heterocycles. The lowest BCUT2D eigenvalue weighted by Crippen LogP contribution is -2.14. The molecule has 2 aromatic carbocycles. The van der Waals surface area contributed by atoms with Crippen LogP contribution in [0, 0.1) is 6.92 Å². The summed E-state index contributed by atoms with van der Waals surface area (Å²) in [4.78, 5) is 26.0. The maximum absolute atomic E-state index is 13.3. The van der Waals surface area contributed by atoms with E-state index in [0.29, 0.717) is 34.5 Å². The molecule has 182 valence electrons. The Morgan fingerprint density at radius 2 is 1.62 bits per heavy atom. The molecule has 0 amide bonds. The number of rotatable bonds is 12. The highest BCUT2D eigenvalue weighted by Gasteiger charge is 2.22. The number of methoxy groups -OCH3 is 1. The standard InChI is InChI=1S/C27H31Cl2NO4/c1-19-23(18-26(31)34-16-8-6-4-3-5-7-15-28)24-17-22(33-2)13-14-25(24)30(19)27(32)20-9-11-21(29)12-10-20/h9-14,17H,3-8,15-16,18H2,1-2H3. The predicted octanol–water partition coefficient (Wildman–Crippen LogP) is 6.97. The smallest absolute Gasteiger partial charge is 0.310 e. The van der Waals surface area contributed by atoms with Gasteiger partial charge in [0.05, 0.1) is 25.7 Å². The molecule has 0 aliphatic rings. The van der Waals surface area contributed by atoms with E-state index < -0.39 is 0 Å². The van der Waals surface area contributed by atoms with E-state index in [0.717, 1.165) is 55.0 Å². The number of carbonyl (C=O) groups excluding carboxylic acids is 2. The highest BCUT2D eigenvalue weighted by Crippen LogP contribution is 2.31. The van der Waals surface area contributed by atoms with Crippen LogP contribution in [-0.2, 0) is 16.0 Å². The summed E-state index contributed by atoms with van der Waals surface area (Å²) in [6, 6.07) is 12.3. The van der Waals surface area contributed by atoms with Gasteiger partial charge < -0.3 is 9.47 Å². The van der Waals surface area contributed by atoms with Gasteiger partial charge in [-0.05, 0) is 67.8 Å².